The average Bonchev–Trinajstić information content (AvgIpc) is 3.31. The first-order chi connectivity index (χ1) is 14.1. The number of aliphatic imine (C=N–C) groups is 1. The van der Waals surface area contributed by atoms with Crippen LogP contribution in [0, 0.1) is 11.7 Å². The number of hydrogen-bond donors (Lipinski definition) is 2. The number of nitrogens with zero attached hydrogens (tertiary/aromatic N) is 2. The summed E-state index contributed by atoms with van der Waals surface area (Å²) >= 11 is 0. The number of nitrogens with one attached hydrogen (secondary N) is 2. The largest absolute Gasteiger partial charge is 0.356 e. The Balaban J connectivity index is 0.00000256. The molecule has 1 fully saturated rings. The molecule has 2 N–H and O–H groups in total. The van der Waals surface area contributed by atoms with E-state index in [0.29, 0.717) is 12.5 Å². The standard InChI is InChI=1S/C23H27FN4O.HI/c1-25-23(26-12-10-20-19-4-2-3-5-21(19)27-22(20)29)28-13-11-17(15-28)14-16-6-8-18(24)9-7-16;/h2-9,17,20H,10-15H2,1H3,(H,25,26)(H,27,29);1H. The minimum atomic E-state index is -0.190. The summed E-state index contributed by atoms with van der Waals surface area (Å²) in [7, 11) is 1.80. The van der Waals surface area contributed by atoms with Crippen molar-refractivity contribution >= 4 is 41.5 Å². The lowest BCUT2D eigenvalue weighted by molar-refractivity contribution is -0.117. The molecule has 2 aliphatic heterocycles. The van der Waals surface area contributed by atoms with E-state index in [1.165, 1.54) is 17.7 Å². The van der Waals surface area contributed by atoms with Gasteiger partial charge in [0, 0.05) is 32.4 Å². The number of carbonyl (C=O) groups is 1. The second-order valence-electron chi connectivity index (χ2n) is 7.82. The van der Waals surface area contributed by atoms with Crippen molar-refractivity contribution in [2.45, 2.75) is 25.2 Å². The van der Waals surface area contributed by atoms with Crippen molar-refractivity contribution in [2.24, 2.45) is 10.9 Å². The molecule has 5 nitrogen and oxygen atoms in total. The molecule has 2 unspecified atom stereocenters. The third-order valence-electron chi connectivity index (χ3n) is 5.86. The maximum Gasteiger partial charge on any atom is 0.232 e. The molecule has 2 heterocycles. The van der Waals surface area contributed by atoms with Crippen LogP contribution in [0.25, 0.3) is 0 Å². The van der Waals surface area contributed by atoms with Gasteiger partial charge in [-0.1, -0.05) is 30.3 Å². The lowest BCUT2D eigenvalue weighted by Crippen LogP contribution is -2.41. The molecule has 2 aliphatic rings. The number of likely N-dealkylation sites (tertiary alicyclic amines) is 1. The predicted octanol–water partition coefficient (Wildman–Crippen LogP) is 4.01. The van der Waals surface area contributed by atoms with Crippen LogP contribution in [0.5, 0.6) is 0 Å². The minimum absolute atomic E-state index is 0. The van der Waals surface area contributed by atoms with E-state index in [-0.39, 0.29) is 41.6 Å². The van der Waals surface area contributed by atoms with Crippen molar-refractivity contribution in [2.75, 3.05) is 32.0 Å². The first kappa shape index (κ1) is 22.5. The van der Waals surface area contributed by atoms with Crippen LogP contribution in [0.3, 0.4) is 0 Å². The van der Waals surface area contributed by atoms with Crippen molar-refractivity contribution in [3.05, 3.63) is 65.5 Å². The highest BCUT2D eigenvalue weighted by atomic mass is 127. The highest BCUT2D eigenvalue weighted by molar-refractivity contribution is 14.0. The molecule has 2 aromatic rings. The summed E-state index contributed by atoms with van der Waals surface area (Å²) in [4.78, 5) is 19.0. The Morgan fingerprint density at radius 2 is 2.00 bits per heavy atom. The van der Waals surface area contributed by atoms with Gasteiger partial charge in [0.15, 0.2) is 5.96 Å². The number of para-hydroxylation sites is 1. The fraction of sp³-hybridized carbons (Fsp3) is 0.391. The Morgan fingerprint density at radius 3 is 2.77 bits per heavy atom. The maximum absolute atomic E-state index is 13.1. The lowest BCUT2D eigenvalue weighted by atomic mass is 9.97. The lowest BCUT2D eigenvalue weighted by Gasteiger charge is -2.22. The normalized spacial score (nSPS) is 20.5. The Morgan fingerprint density at radius 1 is 1.23 bits per heavy atom. The van der Waals surface area contributed by atoms with Crippen LogP contribution < -0.4 is 10.6 Å². The molecule has 0 spiro atoms. The van der Waals surface area contributed by atoms with Gasteiger partial charge < -0.3 is 15.5 Å². The molecule has 0 radical (unpaired) electrons. The first-order valence-corrected chi connectivity index (χ1v) is 10.2. The molecule has 160 valence electrons. The zero-order chi connectivity index (χ0) is 20.2. The van der Waals surface area contributed by atoms with E-state index in [9.17, 15) is 9.18 Å². The molecule has 30 heavy (non-hydrogen) atoms. The Kier molecular flexibility index (Phi) is 7.69. The zero-order valence-electron chi connectivity index (χ0n) is 17.1. The second-order valence-corrected chi connectivity index (χ2v) is 7.82. The van der Waals surface area contributed by atoms with Gasteiger partial charge in [0.25, 0.3) is 0 Å². The third-order valence-corrected chi connectivity index (χ3v) is 5.86. The molecule has 4 rings (SSSR count). The van der Waals surface area contributed by atoms with Crippen LogP contribution in [0.2, 0.25) is 0 Å². The number of fused-ring (bicyclic) bond motifs is 1. The summed E-state index contributed by atoms with van der Waals surface area (Å²) in [5, 5.41) is 6.38. The van der Waals surface area contributed by atoms with Crippen molar-refractivity contribution < 1.29 is 9.18 Å². The van der Waals surface area contributed by atoms with E-state index in [1.807, 2.05) is 36.4 Å². The van der Waals surface area contributed by atoms with Crippen molar-refractivity contribution in [1.29, 1.82) is 0 Å². The van der Waals surface area contributed by atoms with Gasteiger partial charge in [0.1, 0.15) is 5.82 Å². The van der Waals surface area contributed by atoms with E-state index < -0.39 is 0 Å². The van der Waals surface area contributed by atoms with Crippen LogP contribution in [-0.4, -0.2) is 43.4 Å². The fourth-order valence-corrected chi connectivity index (χ4v) is 4.37. The van der Waals surface area contributed by atoms with Gasteiger partial charge in [-0.3, -0.25) is 9.79 Å². The molecule has 0 aromatic heterocycles. The van der Waals surface area contributed by atoms with Gasteiger partial charge in [-0.05, 0) is 54.5 Å². The number of anilines is 1. The van der Waals surface area contributed by atoms with Crippen molar-refractivity contribution in [1.82, 2.24) is 10.2 Å². The molecule has 1 amide bonds. The van der Waals surface area contributed by atoms with Gasteiger partial charge in [0.2, 0.25) is 5.91 Å². The van der Waals surface area contributed by atoms with E-state index >= 15 is 0 Å². The topological polar surface area (TPSA) is 56.7 Å². The number of carbonyl (C=O) groups excluding carboxylic acids is 1. The van der Waals surface area contributed by atoms with E-state index in [1.54, 1.807) is 7.05 Å². The first-order valence-electron chi connectivity index (χ1n) is 10.2. The minimum Gasteiger partial charge on any atom is -0.356 e. The third kappa shape index (κ3) is 5.11. The van der Waals surface area contributed by atoms with Crippen LogP contribution >= 0.6 is 24.0 Å². The van der Waals surface area contributed by atoms with Gasteiger partial charge in [-0.15, -0.1) is 24.0 Å². The summed E-state index contributed by atoms with van der Waals surface area (Å²) in [6.07, 6.45) is 2.78. The highest BCUT2D eigenvalue weighted by Gasteiger charge is 2.30. The van der Waals surface area contributed by atoms with E-state index in [0.717, 1.165) is 49.6 Å². The quantitative estimate of drug-likeness (QED) is 0.355. The smallest absolute Gasteiger partial charge is 0.232 e. The molecule has 0 saturated carbocycles. The maximum atomic E-state index is 13.1. The molecule has 1 saturated heterocycles. The van der Waals surface area contributed by atoms with E-state index in [4.69, 9.17) is 0 Å². The molecule has 2 atom stereocenters. The number of hydrogen-bond acceptors (Lipinski definition) is 2. The monoisotopic (exact) mass is 522 g/mol. The predicted molar refractivity (Wildman–Crippen MR) is 129 cm³/mol. The zero-order valence-corrected chi connectivity index (χ0v) is 19.4. The summed E-state index contributed by atoms with van der Waals surface area (Å²) < 4.78 is 13.1. The van der Waals surface area contributed by atoms with Crippen LogP contribution in [0.15, 0.2) is 53.5 Å². The Labute approximate surface area is 194 Å². The number of guanidine groups is 1. The highest BCUT2D eigenvalue weighted by Crippen LogP contribution is 2.34. The molecule has 2 aromatic carbocycles. The SMILES string of the molecule is CN=C(NCCC1C(=O)Nc2ccccc21)N1CCC(Cc2ccc(F)cc2)C1.I. The summed E-state index contributed by atoms with van der Waals surface area (Å²) in [6.45, 7) is 2.58. The molecular weight excluding hydrogens is 494 g/mol. The summed E-state index contributed by atoms with van der Waals surface area (Å²) in [5.74, 6) is 1.19. The number of amides is 1. The van der Waals surface area contributed by atoms with Gasteiger partial charge >= 0.3 is 0 Å². The van der Waals surface area contributed by atoms with Crippen LogP contribution in [0.4, 0.5) is 10.1 Å². The second kappa shape index (κ2) is 10.2. The number of halogens is 2. The number of benzene rings is 2. The van der Waals surface area contributed by atoms with Gasteiger partial charge in [-0.25, -0.2) is 4.39 Å². The van der Waals surface area contributed by atoms with Crippen molar-refractivity contribution in [3.8, 4) is 0 Å². The van der Waals surface area contributed by atoms with Crippen LogP contribution in [0.1, 0.15) is 29.9 Å². The molecule has 7 heteroatoms. The molecular formula is C23H28FIN4O. The Hall–Kier alpha value is -2.16. The van der Waals surface area contributed by atoms with Crippen LogP contribution in [-0.2, 0) is 11.2 Å². The average molecular weight is 522 g/mol. The number of rotatable bonds is 5. The van der Waals surface area contributed by atoms with Gasteiger partial charge in [0.05, 0.1) is 5.92 Å². The van der Waals surface area contributed by atoms with E-state index in [2.05, 4.69) is 20.5 Å². The summed E-state index contributed by atoms with van der Waals surface area (Å²) in [5.41, 5.74) is 3.18. The molecule has 0 bridgehead atoms. The van der Waals surface area contributed by atoms with Gasteiger partial charge in [-0.2, -0.15) is 0 Å². The Bertz CT molecular complexity index is 902. The molecule has 0 aliphatic carbocycles. The van der Waals surface area contributed by atoms with Crippen molar-refractivity contribution in [3.63, 3.8) is 0 Å². The summed E-state index contributed by atoms with van der Waals surface area (Å²) in [6, 6.07) is 14.7. The fourth-order valence-electron chi connectivity index (χ4n) is 4.37.